The number of imidazole rings is 2. The van der Waals surface area contributed by atoms with Gasteiger partial charge in [-0.3, -0.25) is 66.7 Å². The summed E-state index contributed by atoms with van der Waals surface area (Å²) in [6.45, 7) is 12.6. The van der Waals surface area contributed by atoms with Crippen LogP contribution in [0.3, 0.4) is 0 Å². The summed E-state index contributed by atoms with van der Waals surface area (Å²) in [5.74, 6) is -13.8. The summed E-state index contributed by atoms with van der Waals surface area (Å²) in [6, 6.07) is 11.8. The highest BCUT2D eigenvalue weighted by molar-refractivity contribution is 7.52. The molecule has 8 amide bonds. The lowest BCUT2D eigenvalue weighted by molar-refractivity contribution is -0.138. The number of aromatic amines is 1. The number of amides is 8. The molecule has 0 radical (unpaired) electrons. The van der Waals surface area contributed by atoms with Crippen molar-refractivity contribution in [1.29, 1.82) is 0 Å². The van der Waals surface area contributed by atoms with Crippen LogP contribution in [0.2, 0.25) is 0 Å². The number of primary amides is 2. The third-order valence-corrected chi connectivity index (χ3v) is 21.5. The SMILES string of the molecule is CC(=O)N1CCC[C@H]1C(=O)N[C@@H](CC(C)C)C(=O)C[C@@H](Cc1cnc[nH]1)C(=O)N[C@@H](CO)C(=O)C[C@H](C(N)=O)[C@@H](C)CP(=O)(O)OCc1ccccc1.CC(=O)N1CCC[C@H]1C(=O)N[C@@H](CC(C)C)C(=O)C[C@@H](Cc1cncn1Cc1ccccc1)C(=O)N[C@@H](CO)C(=O)C[C@H](C(N)=O)[C@@H](C)CP(=O)(O)O. The van der Waals surface area contributed by atoms with Crippen molar-refractivity contribution in [1.82, 2.24) is 50.6 Å². The van der Waals surface area contributed by atoms with Gasteiger partial charge in [-0.05, 0) is 73.3 Å². The zero-order valence-corrected chi connectivity index (χ0v) is 63.2. The molecule has 6 rings (SSSR count). The first-order valence-electron chi connectivity index (χ1n) is 35.6. The minimum atomic E-state index is -4.55. The van der Waals surface area contributed by atoms with Crippen LogP contribution in [-0.4, -0.2) is 199 Å². The molecule has 4 heterocycles. The topological polar surface area (TPSA) is 502 Å². The van der Waals surface area contributed by atoms with E-state index in [1.165, 1.54) is 50.0 Å². The first-order chi connectivity index (χ1) is 49.9. The van der Waals surface area contributed by atoms with Gasteiger partial charge in [-0.25, -0.2) is 9.97 Å². The number of aromatic nitrogens is 4. The van der Waals surface area contributed by atoms with Crippen LogP contribution < -0.4 is 32.7 Å². The van der Waals surface area contributed by atoms with Gasteiger partial charge in [-0.2, -0.15) is 0 Å². The van der Waals surface area contributed by atoms with E-state index in [4.69, 9.17) is 16.0 Å². The highest BCUT2D eigenvalue weighted by Gasteiger charge is 2.41. The number of aliphatic hydroxyl groups is 2. The van der Waals surface area contributed by atoms with E-state index in [0.717, 1.165) is 5.56 Å². The third-order valence-electron chi connectivity index (χ3n) is 18.9. The van der Waals surface area contributed by atoms with Crippen LogP contribution in [0.15, 0.2) is 85.7 Å². The summed E-state index contributed by atoms with van der Waals surface area (Å²) in [7, 11) is -8.78. The predicted molar refractivity (Wildman–Crippen MR) is 387 cm³/mol. The summed E-state index contributed by atoms with van der Waals surface area (Å²) in [6.07, 6.45) is 5.74. The maximum atomic E-state index is 14.0. The van der Waals surface area contributed by atoms with Crippen molar-refractivity contribution in [2.24, 2.45) is 58.8 Å². The normalized spacial score (nSPS) is 17.9. The molecular formula is C72H106N12O20P2. The molecule has 2 aromatic heterocycles. The summed E-state index contributed by atoms with van der Waals surface area (Å²) < 4.78 is 31.5. The highest BCUT2D eigenvalue weighted by Crippen LogP contribution is 2.46. The van der Waals surface area contributed by atoms with Crippen LogP contribution in [0.5, 0.6) is 0 Å². The summed E-state index contributed by atoms with van der Waals surface area (Å²) in [5.41, 5.74) is 13.8. The van der Waals surface area contributed by atoms with Crippen molar-refractivity contribution >= 4 is 85.6 Å². The van der Waals surface area contributed by atoms with Crippen molar-refractivity contribution in [3.8, 4) is 0 Å². The molecule has 106 heavy (non-hydrogen) atoms. The molecule has 13 atom stereocenters. The molecule has 4 aromatic rings. The minimum Gasteiger partial charge on any atom is -0.394 e. The van der Waals surface area contributed by atoms with Gasteiger partial charge < -0.3 is 81.5 Å². The van der Waals surface area contributed by atoms with Crippen molar-refractivity contribution < 1.29 is 96.1 Å². The van der Waals surface area contributed by atoms with Crippen LogP contribution in [0.1, 0.15) is 142 Å². The van der Waals surface area contributed by atoms with E-state index in [0.29, 0.717) is 62.3 Å². The molecule has 34 heteroatoms. The molecule has 2 fully saturated rings. The second kappa shape index (κ2) is 42.2. The Morgan fingerprint density at radius 3 is 1.42 bits per heavy atom. The second-order valence-electron chi connectivity index (χ2n) is 28.6. The summed E-state index contributed by atoms with van der Waals surface area (Å²) in [5, 5.41) is 31.0. The number of Topliss-reactive ketones (excluding diaryl/α,β-unsaturated/α-hetero) is 4. The molecule has 2 aromatic carbocycles. The van der Waals surface area contributed by atoms with Gasteiger partial charge in [0.1, 0.15) is 24.2 Å². The maximum Gasteiger partial charge on any atom is 0.328 e. The lowest BCUT2D eigenvalue weighted by atomic mass is 9.87. The first-order valence-corrected chi connectivity index (χ1v) is 39.2. The number of likely N-dealkylation sites (tertiary alicyclic amines) is 2. The van der Waals surface area contributed by atoms with E-state index in [2.05, 4.69) is 36.2 Å². The van der Waals surface area contributed by atoms with Gasteiger partial charge in [0, 0.05) is 108 Å². The molecule has 1 unspecified atom stereocenters. The molecule has 2 aliphatic rings. The lowest BCUT2D eigenvalue weighted by Crippen LogP contribution is -2.52. The van der Waals surface area contributed by atoms with Gasteiger partial charge in [0.05, 0.1) is 68.7 Å². The quantitative estimate of drug-likeness (QED) is 0.0283. The molecule has 32 nitrogen and oxygen atoms in total. The van der Waals surface area contributed by atoms with Crippen molar-refractivity contribution in [3.05, 3.63) is 108 Å². The molecule has 2 aliphatic heterocycles. The van der Waals surface area contributed by atoms with E-state index in [-0.39, 0.29) is 68.8 Å². The standard InChI is InChI=1S/2C36H53N6O10P/c1-22(2)13-29(40-36(49)31-11-8-12-42(31)24(4)44)32(45)15-26(14-27-17-38-21-39-27)35(48)41-30(18-43)33(46)16-28(34(37)47)23(3)20-53(50,51)52-19-25-9-6-5-7-10-25;1-22(2)13-29(39-36(49)31-11-8-12-42(31)24(4)44)32(45)15-26(14-27-17-38-21-41(27)18-25-9-6-5-7-10-25)35(48)40-30(19-43)33(46)16-28(34(37)47)23(3)20-53(50,51)52/h5-7,9-10,17,21-23,26,28-31,43H,8,11-16,18-20H2,1-4H3,(H2,37,47)(H,38,39)(H,40,49)(H,41,48)(H,50,51);5-7,9-10,17,21-23,26,28-31,43H,8,11-16,18-20H2,1-4H3,(H2,37,47)(H,39,49)(H,40,48)(H2,50,51,52)/t2*23-,26+,28-,29-,30-,31-/m00/s1. The number of nitrogens with two attached hydrogens (primary N) is 2. The van der Waals surface area contributed by atoms with E-state index in [1.54, 1.807) is 42.9 Å². The van der Waals surface area contributed by atoms with Gasteiger partial charge in [0.2, 0.25) is 47.3 Å². The van der Waals surface area contributed by atoms with Crippen molar-refractivity contribution in [2.75, 3.05) is 38.6 Å². The lowest BCUT2D eigenvalue weighted by Gasteiger charge is -2.27. The zero-order valence-electron chi connectivity index (χ0n) is 61.5. The van der Waals surface area contributed by atoms with Crippen molar-refractivity contribution in [3.63, 3.8) is 0 Å². The molecule has 0 saturated carbocycles. The maximum absolute atomic E-state index is 14.0. The van der Waals surface area contributed by atoms with E-state index < -0.39 is 184 Å². The Morgan fingerprint density at radius 2 is 1.01 bits per heavy atom. The number of carbonyl (C=O) groups excluding carboxylic acids is 12. The van der Waals surface area contributed by atoms with Crippen LogP contribution in [0.4, 0.5) is 0 Å². The number of ketones is 4. The Bertz CT molecular complexity index is 3720. The van der Waals surface area contributed by atoms with Gasteiger partial charge in [0.25, 0.3) is 0 Å². The Morgan fingerprint density at radius 1 is 0.575 bits per heavy atom. The molecule has 0 aliphatic carbocycles. The third kappa shape index (κ3) is 28.7. The number of aliphatic hydroxyl groups excluding tert-OH is 2. The van der Waals surface area contributed by atoms with Gasteiger partial charge >= 0.3 is 15.2 Å². The molecule has 2 saturated heterocycles. The zero-order chi connectivity index (χ0) is 78.8. The number of nitrogens with zero attached hydrogens (tertiary/aromatic N) is 5. The van der Waals surface area contributed by atoms with Gasteiger partial charge in [-0.15, -0.1) is 0 Å². The number of H-pyrrole nitrogens is 1. The number of nitrogens with one attached hydrogen (secondary N) is 5. The Labute approximate surface area is 617 Å². The number of carbonyl (C=O) groups is 12. The molecule has 0 spiro atoms. The van der Waals surface area contributed by atoms with E-state index >= 15 is 0 Å². The molecule has 584 valence electrons. The fraction of sp³-hybridized carbons (Fsp3) is 0.583. The minimum absolute atomic E-state index is 0.00269. The van der Waals surface area contributed by atoms with Crippen LogP contribution in [0, 0.1) is 47.3 Å². The monoisotopic (exact) mass is 1520 g/mol. The Balaban J connectivity index is 0.000000381. The molecule has 0 bridgehead atoms. The largest absolute Gasteiger partial charge is 0.394 e. The smallest absolute Gasteiger partial charge is 0.328 e. The number of rotatable bonds is 43. The predicted octanol–water partition coefficient (Wildman–Crippen LogP) is 2.59. The average molecular weight is 1520 g/mol. The Hall–Kier alpha value is -8.48. The fourth-order valence-corrected chi connectivity index (χ4v) is 15.6. The number of benzene rings is 2. The average Bonchev–Trinajstić information content (AvgIpc) is 1.65. The van der Waals surface area contributed by atoms with Crippen LogP contribution >= 0.6 is 15.2 Å². The van der Waals surface area contributed by atoms with E-state index in [9.17, 15) is 91.6 Å². The van der Waals surface area contributed by atoms with Crippen LogP contribution in [-0.2, 0) is 97.2 Å². The van der Waals surface area contributed by atoms with Crippen LogP contribution in [0.25, 0.3) is 0 Å². The highest BCUT2D eigenvalue weighted by atomic mass is 31.2. The van der Waals surface area contributed by atoms with Gasteiger partial charge in [0.15, 0.2) is 23.1 Å². The van der Waals surface area contributed by atoms with Gasteiger partial charge in [-0.1, -0.05) is 102 Å². The second-order valence-corrected chi connectivity index (χ2v) is 32.2. The molecular weight excluding hydrogens is 1410 g/mol. The summed E-state index contributed by atoms with van der Waals surface area (Å²) in [4.78, 5) is 201. The Kier molecular flexibility index (Phi) is 35.1. The van der Waals surface area contributed by atoms with E-state index in [1.807, 2.05) is 62.6 Å². The molecule has 14 N–H and O–H groups in total. The fourth-order valence-electron chi connectivity index (χ4n) is 13.2. The first kappa shape index (κ1) is 88.2. The van der Waals surface area contributed by atoms with Crippen molar-refractivity contribution in [2.45, 2.75) is 182 Å². The summed E-state index contributed by atoms with van der Waals surface area (Å²) >= 11 is 0. The number of hydrogen-bond acceptors (Lipinski definition) is 19. The number of hydrogen-bond donors (Lipinski definition) is 12.